The van der Waals surface area contributed by atoms with Crippen LogP contribution in [0.4, 0.5) is 9.59 Å². The number of carbonyl (C=O) groups is 4. The Morgan fingerprint density at radius 1 is 0.732 bits per heavy atom. The van der Waals surface area contributed by atoms with Crippen LogP contribution in [0.15, 0.2) is 60.7 Å². The second-order valence-electron chi connectivity index (χ2n) is 14.7. The SMILES string of the molecule is [B]C(=O)N1[C@@H](Cc2ccccc2)[C@@H](CC(CC(=O)OCC)OS(C)(=O)=O)OC1(C)C.[B]C(=O)N1[C@@H](Cc2ccccc2)[C@@H](CC(O)CC(=O)OCC)OC1(C)C. The molecule has 0 aliphatic carbocycles. The highest BCUT2D eigenvalue weighted by atomic mass is 32.2. The minimum atomic E-state index is -3.83. The molecule has 0 bridgehead atoms. The third kappa shape index (κ3) is 14.0. The molecule has 0 spiro atoms. The molecule has 2 saturated heterocycles. The first kappa shape index (κ1) is 46.6. The van der Waals surface area contributed by atoms with Gasteiger partial charge in [-0.2, -0.15) is 8.42 Å². The van der Waals surface area contributed by atoms with Crippen molar-refractivity contribution < 1.29 is 55.8 Å². The number of rotatable bonds is 16. The zero-order chi connectivity index (χ0) is 41.8. The molecule has 6 atom stereocenters. The van der Waals surface area contributed by atoms with Gasteiger partial charge in [0.15, 0.2) is 11.6 Å². The number of esters is 2. The van der Waals surface area contributed by atoms with Gasteiger partial charge in [-0.15, -0.1) is 0 Å². The van der Waals surface area contributed by atoms with Crippen molar-refractivity contribution in [1.82, 2.24) is 9.80 Å². The molecule has 0 aromatic heterocycles. The zero-order valence-corrected chi connectivity index (χ0v) is 34.1. The normalized spacial score (nSPS) is 22.4. The molecule has 4 radical (unpaired) electrons. The molecule has 14 nitrogen and oxygen atoms in total. The zero-order valence-electron chi connectivity index (χ0n) is 33.3. The summed E-state index contributed by atoms with van der Waals surface area (Å²) in [6.07, 6.45) is -1.13. The number of benzene rings is 2. The minimum absolute atomic E-state index is 0.0661. The van der Waals surface area contributed by atoms with Gasteiger partial charge in [0.1, 0.15) is 11.4 Å². The van der Waals surface area contributed by atoms with Crippen LogP contribution in [-0.2, 0) is 55.7 Å². The summed E-state index contributed by atoms with van der Waals surface area (Å²) in [6, 6.07) is 18.4. The van der Waals surface area contributed by atoms with Crippen LogP contribution >= 0.6 is 0 Å². The summed E-state index contributed by atoms with van der Waals surface area (Å²) in [4.78, 5) is 50.8. The van der Waals surface area contributed by atoms with Gasteiger partial charge in [0.2, 0.25) is 15.7 Å². The molecule has 2 aromatic carbocycles. The quantitative estimate of drug-likeness (QED) is 0.147. The van der Waals surface area contributed by atoms with Gasteiger partial charge in [0.25, 0.3) is 10.1 Å². The fraction of sp³-hybridized carbons (Fsp3) is 0.590. The van der Waals surface area contributed by atoms with Crippen LogP contribution in [0, 0.1) is 0 Å². The van der Waals surface area contributed by atoms with Gasteiger partial charge in [0, 0.05) is 12.8 Å². The maximum Gasteiger partial charge on any atom is 0.308 e. The average molecular weight is 797 g/mol. The van der Waals surface area contributed by atoms with Gasteiger partial charge in [-0.1, -0.05) is 60.7 Å². The molecule has 2 heterocycles. The predicted octanol–water partition coefficient (Wildman–Crippen LogP) is 4.04. The Bertz CT molecular complexity index is 1710. The molecule has 304 valence electrons. The second kappa shape index (κ2) is 20.6. The predicted molar refractivity (Wildman–Crippen MR) is 209 cm³/mol. The smallest absolute Gasteiger partial charge is 0.308 e. The van der Waals surface area contributed by atoms with E-state index in [-0.39, 0.29) is 44.9 Å². The summed E-state index contributed by atoms with van der Waals surface area (Å²) in [6.45, 7) is 10.8. The van der Waals surface area contributed by atoms with E-state index in [0.29, 0.717) is 12.8 Å². The molecule has 4 rings (SSSR count). The summed E-state index contributed by atoms with van der Waals surface area (Å²) in [7, 11) is 7.41. The lowest BCUT2D eigenvalue weighted by molar-refractivity contribution is -0.146. The Balaban J connectivity index is 0.000000303. The largest absolute Gasteiger partial charge is 0.466 e. The third-order valence-corrected chi connectivity index (χ3v) is 9.95. The van der Waals surface area contributed by atoms with Gasteiger partial charge in [-0.25, -0.2) is 0 Å². The lowest BCUT2D eigenvalue weighted by Gasteiger charge is -2.33. The molecule has 2 amide bonds. The summed E-state index contributed by atoms with van der Waals surface area (Å²) in [5.41, 5.74) is 0.107. The average Bonchev–Trinajstić information content (AvgIpc) is 3.47. The lowest BCUT2D eigenvalue weighted by Crippen LogP contribution is -2.49. The fourth-order valence-corrected chi connectivity index (χ4v) is 8.04. The van der Waals surface area contributed by atoms with Gasteiger partial charge >= 0.3 is 11.9 Å². The lowest BCUT2D eigenvalue weighted by atomic mass is 9.93. The first-order chi connectivity index (χ1) is 26.2. The van der Waals surface area contributed by atoms with Gasteiger partial charge < -0.3 is 33.9 Å². The van der Waals surface area contributed by atoms with Crippen molar-refractivity contribution in [2.24, 2.45) is 0 Å². The molecular formula is C39H54B2N2O12S. The highest BCUT2D eigenvalue weighted by Gasteiger charge is 2.50. The summed E-state index contributed by atoms with van der Waals surface area (Å²) < 4.78 is 50.5. The highest BCUT2D eigenvalue weighted by molar-refractivity contribution is 7.86. The Labute approximate surface area is 333 Å². The van der Waals surface area contributed by atoms with E-state index in [1.54, 1.807) is 41.5 Å². The van der Waals surface area contributed by atoms with Gasteiger partial charge in [-0.3, -0.25) is 23.4 Å². The van der Waals surface area contributed by atoms with E-state index >= 15 is 0 Å². The van der Waals surface area contributed by atoms with Crippen LogP contribution in [0.1, 0.15) is 78.4 Å². The highest BCUT2D eigenvalue weighted by Crippen LogP contribution is 2.38. The molecule has 2 aliphatic heterocycles. The summed E-state index contributed by atoms with van der Waals surface area (Å²) in [5.74, 6) is -2.24. The van der Waals surface area contributed by atoms with E-state index in [9.17, 15) is 32.7 Å². The second-order valence-corrected chi connectivity index (χ2v) is 16.3. The number of nitrogens with zero attached hydrogens (tertiary/aromatic N) is 2. The fourth-order valence-electron chi connectivity index (χ4n) is 7.40. The first-order valence-electron chi connectivity index (χ1n) is 18.7. The number of hydrogen-bond acceptors (Lipinski definition) is 12. The number of amides is 2. The monoisotopic (exact) mass is 796 g/mol. The Morgan fingerprint density at radius 3 is 1.50 bits per heavy atom. The Morgan fingerprint density at radius 2 is 1.12 bits per heavy atom. The number of carbonyl (C=O) groups excluding carboxylic acids is 4. The topological polar surface area (TPSA) is 175 Å². The molecule has 1 N–H and O–H groups in total. The van der Waals surface area contributed by atoms with E-state index in [2.05, 4.69) is 0 Å². The number of aliphatic hydroxyl groups excluding tert-OH is 1. The van der Waals surface area contributed by atoms with Crippen LogP contribution in [0.5, 0.6) is 0 Å². The molecule has 2 fully saturated rings. The van der Waals surface area contributed by atoms with Crippen molar-refractivity contribution in [3.8, 4) is 0 Å². The van der Waals surface area contributed by atoms with Gasteiger partial charge in [0.05, 0.1) is 68.8 Å². The molecule has 0 saturated carbocycles. The Hall–Kier alpha value is -3.76. The number of hydrogen-bond donors (Lipinski definition) is 1. The van der Waals surface area contributed by atoms with E-state index in [0.717, 1.165) is 17.4 Å². The molecule has 2 aromatic rings. The Kier molecular flexibility index (Phi) is 17.1. The molecule has 56 heavy (non-hydrogen) atoms. The van der Waals surface area contributed by atoms with Gasteiger partial charge in [-0.05, 0) is 65.5 Å². The van der Waals surface area contributed by atoms with Crippen molar-refractivity contribution in [3.63, 3.8) is 0 Å². The van der Waals surface area contributed by atoms with Crippen molar-refractivity contribution in [2.45, 2.75) is 128 Å². The van der Waals surface area contributed by atoms with E-state index in [4.69, 9.17) is 38.8 Å². The molecule has 2 aliphatic rings. The minimum Gasteiger partial charge on any atom is -0.466 e. The third-order valence-electron chi connectivity index (χ3n) is 9.33. The van der Waals surface area contributed by atoms with E-state index in [1.807, 2.05) is 60.7 Å². The molecule has 17 heteroatoms. The molecule has 2 unspecified atom stereocenters. The van der Waals surface area contributed by atoms with Crippen LogP contribution in [0.25, 0.3) is 0 Å². The van der Waals surface area contributed by atoms with Crippen LogP contribution in [-0.4, -0.2) is 130 Å². The van der Waals surface area contributed by atoms with Crippen molar-refractivity contribution in [1.29, 1.82) is 0 Å². The van der Waals surface area contributed by atoms with E-state index in [1.165, 1.54) is 9.80 Å². The maximum atomic E-state index is 12.2. The number of ether oxygens (including phenoxy) is 4. The first-order valence-corrected chi connectivity index (χ1v) is 20.5. The van der Waals surface area contributed by atoms with Crippen LogP contribution < -0.4 is 0 Å². The van der Waals surface area contributed by atoms with Crippen LogP contribution in [0.3, 0.4) is 0 Å². The molecular weight excluding hydrogens is 742 g/mol. The summed E-state index contributed by atoms with van der Waals surface area (Å²) >= 11 is 0. The standard InChI is InChI=1S/C20H28BNO7S.C19H26BNO5/c1-5-27-18(23)13-15(29-30(4,25)26)12-17-16(11-14-9-7-6-8-10-14)22(19(21)24)20(2,3)28-17;1-4-25-17(23)12-14(22)11-16-15(10-13-8-6-5-7-9-13)21(18(20)24)19(2,3)26-16/h6-10,15-17H,5,11-13H2,1-4H3;5-9,14-16,22H,4,10-12H2,1-3H3/t15?,16-,17+;14?,15-,16+/m00/s1. The summed E-state index contributed by atoms with van der Waals surface area (Å²) in [5, 5.41) is 10.3. The maximum absolute atomic E-state index is 12.2. The van der Waals surface area contributed by atoms with Crippen molar-refractivity contribution in [3.05, 3.63) is 71.8 Å². The van der Waals surface area contributed by atoms with Crippen LogP contribution in [0.2, 0.25) is 0 Å². The number of aliphatic hydroxyl groups is 1. The van der Waals surface area contributed by atoms with Crippen molar-refractivity contribution >= 4 is 49.4 Å². The van der Waals surface area contributed by atoms with Crippen molar-refractivity contribution in [2.75, 3.05) is 19.5 Å². The van der Waals surface area contributed by atoms with E-state index < -0.39 is 75.6 Å².